The number of ketones is 1. The molecule has 192 valence electrons. The van der Waals surface area contributed by atoms with Crippen LogP contribution >= 0.6 is 11.6 Å². The van der Waals surface area contributed by atoms with Gasteiger partial charge >= 0.3 is 7.12 Å². The van der Waals surface area contributed by atoms with Gasteiger partial charge in [-0.1, -0.05) is 65.9 Å². The zero-order valence-corrected chi connectivity index (χ0v) is 25.3. The Morgan fingerprint density at radius 1 is 1.03 bits per heavy atom. The number of ether oxygens (including phenoxy) is 1. The van der Waals surface area contributed by atoms with Crippen LogP contribution < -0.4 is 10.2 Å². The first-order valence-corrected chi connectivity index (χ1v) is 16.6. The van der Waals surface area contributed by atoms with Crippen LogP contribution in [0.2, 0.25) is 30.7 Å². The van der Waals surface area contributed by atoms with E-state index in [0.29, 0.717) is 29.4 Å². The van der Waals surface area contributed by atoms with Gasteiger partial charge in [-0.25, -0.2) is 0 Å². The van der Waals surface area contributed by atoms with Gasteiger partial charge < -0.3 is 14.0 Å². The smallest absolute Gasteiger partial charge is 0.492 e. The summed E-state index contributed by atoms with van der Waals surface area (Å²) in [7, 11) is -1.89. The van der Waals surface area contributed by atoms with Gasteiger partial charge in [-0.3, -0.25) is 4.79 Å². The standard InChI is InChI=1S/C27H46BClO4Si/c1-24(2,3)18-25(4,5)17-22(30)20-15-19(28-32-26(6,7)27(8,9)33-28)16-21(29)23(20)31-13-14-34(10,11)12/h15-16H,13-14,17-18H2,1-12H3. The minimum absolute atomic E-state index is 0.0394. The second-order valence-corrected chi connectivity index (χ2v) is 20.2. The summed E-state index contributed by atoms with van der Waals surface area (Å²) in [6, 6.07) is 4.68. The van der Waals surface area contributed by atoms with Gasteiger partial charge in [0.25, 0.3) is 0 Å². The minimum Gasteiger partial charge on any atom is -0.492 e. The third-order valence-electron chi connectivity index (χ3n) is 6.64. The number of rotatable bonds is 9. The first-order valence-electron chi connectivity index (χ1n) is 12.5. The van der Waals surface area contributed by atoms with Crippen LogP contribution in [0.5, 0.6) is 5.75 Å². The minimum atomic E-state index is -1.30. The second-order valence-electron chi connectivity index (χ2n) is 14.1. The molecule has 1 aliphatic rings. The normalized spacial score (nSPS) is 18.3. The van der Waals surface area contributed by atoms with E-state index in [1.54, 1.807) is 0 Å². The van der Waals surface area contributed by atoms with Gasteiger partial charge in [0.05, 0.1) is 28.4 Å². The van der Waals surface area contributed by atoms with Crippen molar-refractivity contribution in [1.29, 1.82) is 0 Å². The number of halogens is 1. The van der Waals surface area contributed by atoms with Crippen molar-refractivity contribution in [2.75, 3.05) is 6.61 Å². The van der Waals surface area contributed by atoms with Crippen LogP contribution in [0.25, 0.3) is 0 Å². The SMILES string of the molecule is CC(C)(C)CC(C)(C)CC(=O)c1cc(B2OC(C)(C)C(C)(C)O2)cc(Cl)c1OCC[Si](C)(C)C. The molecule has 1 aromatic rings. The summed E-state index contributed by atoms with van der Waals surface area (Å²) < 4.78 is 18.7. The average Bonchev–Trinajstić information content (AvgIpc) is 2.79. The highest BCUT2D eigenvalue weighted by molar-refractivity contribution is 6.76. The van der Waals surface area contributed by atoms with Crippen molar-refractivity contribution in [3.63, 3.8) is 0 Å². The molecule has 1 aliphatic heterocycles. The molecular formula is C27H46BClO4Si. The van der Waals surface area contributed by atoms with E-state index >= 15 is 0 Å². The second kappa shape index (κ2) is 9.91. The van der Waals surface area contributed by atoms with Crippen LogP contribution in [-0.4, -0.2) is 38.8 Å². The van der Waals surface area contributed by atoms with Crippen molar-refractivity contribution in [2.24, 2.45) is 10.8 Å². The third-order valence-corrected chi connectivity index (χ3v) is 8.62. The Bertz CT molecular complexity index is 881. The van der Waals surface area contributed by atoms with E-state index in [9.17, 15) is 4.79 Å². The van der Waals surface area contributed by atoms with E-state index in [2.05, 4.69) is 54.3 Å². The van der Waals surface area contributed by atoms with Gasteiger partial charge in [0.2, 0.25) is 0 Å². The Morgan fingerprint density at radius 2 is 1.56 bits per heavy atom. The van der Waals surface area contributed by atoms with Crippen molar-refractivity contribution < 1.29 is 18.8 Å². The number of benzene rings is 1. The van der Waals surface area contributed by atoms with Gasteiger partial charge in [0.1, 0.15) is 5.75 Å². The Hall–Kier alpha value is -0.818. The van der Waals surface area contributed by atoms with Gasteiger partial charge in [-0.05, 0) is 68.6 Å². The van der Waals surface area contributed by atoms with Crippen molar-refractivity contribution in [3.8, 4) is 5.75 Å². The first-order chi connectivity index (χ1) is 15.1. The summed E-state index contributed by atoms with van der Waals surface area (Å²) in [6.07, 6.45) is 1.35. The molecule has 1 saturated heterocycles. The lowest BCUT2D eigenvalue weighted by atomic mass is 9.72. The third kappa shape index (κ3) is 7.84. The fourth-order valence-corrected chi connectivity index (χ4v) is 5.57. The van der Waals surface area contributed by atoms with E-state index in [-0.39, 0.29) is 16.6 Å². The lowest BCUT2D eigenvalue weighted by Crippen LogP contribution is -2.41. The maximum absolute atomic E-state index is 13.7. The van der Waals surface area contributed by atoms with Crippen LogP contribution in [0, 0.1) is 10.8 Å². The zero-order chi connectivity index (χ0) is 26.3. The molecule has 0 atom stereocenters. The largest absolute Gasteiger partial charge is 0.494 e. The molecule has 0 N–H and O–H groups in total. The number of Topliss-reactive ketones (excluding diaryl/α,β-unsaturated/α-hetero) is 1. The molecule has 34 heavy (non-hydrogen) atoms. The summed E-state index contributed by atoms with van der Waals surface area (Å²) in [6.45, 7) is 26.5. The van der Waals surface area contributed by atoms with Crippen LogP contribution in [-0.2, 0) is 9.31 Å². The highest BCUT2D eigenvalue weighted by atomic mass is 35.5. The first kappa shape index (κ1) is 29.4. The molecule has 0 saturated carbocycles. The molecular weight excluding hydrogens is 463 g/mol. The van der Waals surface area contributed by atoms with E-state index < -0.39 is 26.4 Å². The summed E-state index contributed by atoms with van der Waals surface area (Å²) in [5.41, 5.74) is 0.291. The van der Waals surface area contributed by atoms with Crippen LogP contribution in [0.15, 0.2) is 12.1 Å². The van der Waals surface area contributed by atoms with E-state index in [1.165, 1.54) is 0 Å². The molecule has 0 spiro atoms. The Morgan fingerprint density at radius 3 is 2.03 bits per heavy atom. The summed E-state index contributed by atoms with van der Waals surface area (Å²) in [5.74, 6) is 0.522. The van der Waals surface area contributed by atoms with Gasteiger partial charge in [-0.15, -0.1) is 0 Å². The predicted molar refractivity (Wildman–Crippen MR) is 148 cm³/mol. The predicted octanol–water partition coefficient (Wildman–Crippen LogP) is 7.39. The molecule has 1 fully saturated rings. The molecule has 1 heterocycles. The Kier molecular flexibility index (Phi) is 8.58. The van der Waals surface area contributed by atoms with Gasteiger partial charge in [0, 0.05) is 14.5 Å². The number of carbonyl (C=O) groups excluding carboxylic acids is 1. The quantitative estimate of drug-likeness (QED) is 0.257. The molecule has 0 aromatic heterocycles. The summed E-state index contributed by atoms with van der Waals surface area (Å²) >= 11 is 6.75. The lowest BCUT2D eigenvalue weighted by Gasteiger charge is -2.32. The lowest BCUT2D eigenvalue weighted by molar-refractivity contribution is 0.00578. The molecule has 4 nitrogen and oxygen atoms in total. The van der Waals surface area contributed by atoms with E-state index in [1.807, 2.05) is 39.8 Å². The van der Waals surface area contributed by atoms with Crippen molar-refractivity contribution >= 4 is 38.0 Å². The highest BCUT2D eigenvalue weighted by Gasteiger charge is 2.52. The number of hydrogen-bond donors (Lipinski definition) is 0. The number of hydrogen-bond acceptors (Lipinski definition) is 4. The Labute approximate surface area is 214 Å². The maximum atomic E-state index is 13.7. The highest BCUT2D eigenvalue weighted by Crippen LogP contribution is 2.40. The molecule has 0 bridgehead atoms. The molecule has 2 rings (SSSR count). The topological polar surface area (TPSA) is 44.8 Å². The molecule has 7 heteroatoms. The van der Waals surface area contributed by atoms with Crippen LogP contribution in [0.3, 0.4) is 0 Å². The van der Waals surface area contributed by atoms with Gasteiger partial charge in [-0.2, -0.15) is 0 Å². The Balaban J connectivity index is 2.44. The van der Waals surface area contributed by atoms with Crippen molar-refractivity contribution in [1.82, 2.24) is 0 Å². The molecule has 0 unspecified atom stereocenters. The summed E-state index contributed by atoms with van der Waals surface area (Å²) in [5, 5.41) is 0.430. The fourth-order valence-electron chi connectivity index (χ4n) is 4.57. The zero-order valence-electron chi connectivity index (χ0n) is 23.6. The molecule has 0 radical (unpaired) electrons. The fraction of sp³-hybridized carbons (Fsp3) is 0.741. The van der Waals surface area contributed by atoms with E-state index in [4.69, 9.17) is 25.6 Å². The molecule has 0 aliphatic carbocycles. The van der Waals surface area contributed by atoms with Crippen molar-refractivity contribution in [2.45, 2.75) is 112 Å². The average molecular weight is 509 g/mol. The molecule has 0 amide bonds. The molecule has 1 aromatic carbocycles. The summed E-state index contributed by atoms with van der Waals surface area (Å²) in [4.78, 5) is 13.7. The maximum Gasteiger partial charge on any atom is 0.494 e. The van der Waals surface area contributed by atoms with E-state index in [0.717, 1.165) is 17.9 Å². The van der Waals surface area contributed by atoms with Crippen LogP contribution in [0.4, 0.5) is 0 Å². The van der Waals surface area contributed by atoms with Crippen LogP contribution in [0.1, 0.15) is 85.5 Å². The van der Waals surface area contributed by atoms with Crippen molar-refractivity contribution in [3.05, 3.63) is 22.7 Å². The number of carbonyl (C=O) groups is 1. The monoisotopic (exact) mass is 508 g/mol. The van der Waals surface area contributed by atoms with Gasteiger partial charge in [0.15, 0.2) is 5.78 Å².